The first kappa shape index (κ1) is 27.1. The van der Waals surface area contributed by atoms with Gasteiger partial charge in [-0.05, 0) is 57.0 Å². The number of hydrogen-bond acceptors (Lipinski definition) is 5. The van der Waals surface area contributed by atoms with Crippen LogP contribution in [0.4, 0.5) is 5.69 Å². The summed E-state index contributed by atoms with van der Waals surface area (Å²) in [4.78, 5) is 45.7. The molecule has 3 saturated heterocycles. The Hall–Kier alpha value is -2.13. The van der Waals surface area contributed by atoms with Gasteiger partial charge in [-0.2, -0.15) is 0 Å². The number of halogens is 2. The van der Waals surface area contributed by atoms with E-state index in [1.807, 2.05) is 12.2 Å². The molecule has 10 heteroatoms. The van der Waals surface area contributed by atoms with Crippen molar-refractivity contribution in [2.45, 2.75) is 75.2 Å². The number of ether oxygens (including phenoxy) is 1. The normalized spacial score (nSPS) is 32.5. The number of fused-ring (bicyclic) bond motifs is 1. The molecule has 1 aromatic carbocycles. The molecule has 0 radical (unpaired) electrons. The van der Waals surface area contributed by atoms with E-state index in [0.717, 1.165) is 51.6 Å². The van der Waals surface area contributed by atoms with Crippen molar-refractivity contribution < 1.29 is 19.1 Å². The van der Waals surface area contributed by atoms with Crippen molar-refractivity contribution in [3.8, 4) is 0 Å². The maximum atomic E-state index is 14.1. The highest BCUT2D eigenvalue weighted by atomic mass is 35.5. The quantitative estimate of drug-likeness (QED) is 0.480. The molecule has 0 aromatic heterocycles. The van der Waals surface area contributed by atoms with Crippen molar-refractivity contribution >= 4 is 46.6 Å². The van der Waals surface area contributed by atoms with Crippen LogP contribution in [0.3, 0.4) is 0 Å². The van der Waals surface area contributed by atoms with E-state index >= 15 is 0 Å². The fraction of sp³-hybridized carbons (Fsp3) is 0.621. The summed E-state index contributed by atoms with van der Waals surface area (Å²) in [5, 5.41) is 6.94. The maximum absolute atomic E-state index is 14.1. The van der Waals surface area contributed by atoms with Gasteiger partial charge in [0.25, 0.3) is 0 Å². The lowest BCUT2D eigenvalue weighted by Gasteiger charge is -2.35. The lowest BCUT2D eigenvalue weighted by molar-refractivity contribution is -0.141. The second kappa shape index (κ2) is 11.0. The Bertz CT molecular complexity index is 1150. The summed E-state index contributed by atoms with van der Waals surface area (Å²) in [7, 11) is 0. The third kappa shape index (κ3) is 5.09. The fourth-order valence-electron chi connectivity index (χ4n) is 7.32. The highest BCUT2D eigenvalue weighted by molar-refractivity contribution is 6.35. The van der Waals surface area contributed by atoms with Crippen LogP contribution in [-0.4, -0.2) is 77.5 Å². The Morgan fingerprint density at radius 2 is 1.64 bits per heavy atom. The SMILES string of the molecule is O=C(Nc1cc(Cl)cc(Cl)c1)[C@@H]1[C@@H]2C=C[C@]3(O2)[C@@H]1C(=O)N(CCN1CCCCC1)[C@@H]3C(=O)NC1CCCCC1. The van der Waals surface area contributed by atoms with Gasteiger partial charge in [-0.25, -0.2) is 0 Å². The minimum absolute atomic E-state index is 0.106. The predicted molar refractivity (Wildman–Crippen MR) is 150 cm³/mol. The number of nitrogens with zero attached hydrogens (tertiary/aromatic N) is 2. The van der Waals surface area contributed by atoms with Crippen LogP contribution >= 0.6 is 23.2 Å². The van der Waals surface area contributed by atoms with E-state index in [1.165, 1.54) is 12.8 Å². The van der Waals surface area contributed by atoms with E-state index < -0.39 is 29.6 Å². The smallest absolute Gasteiger partial charge is 0.246 e. The Kier molecular flexibility index (Phi) is 7.66. The lowest BCUT2D eigenvalue weighted by atomic mass is 9.74. The maximum Gasteiger partial charge on any atom is 0.246 e. The second-order valence-electron chi connectivity index (χ2n) is 11.6. The molecule has 3 amide bonds. The highest BCUT2D eigenvalue weighted by Crippen LogP contribution is 2.55. The summed E-state index contributed by atoms with van der Waals surface area (Å²) in [6.45, 7) is 3.13. The minimum atomic E-state index is -1.16. The molecule has 6 rings (SSSR count). The number of hydrogen-bond donors (Lipinski definition) is 2. The summed E-state index contributed by atoms with van der Waals surface area (Å²) in [5.41, 5.74) is -0.701. The number of anilines is 1. The fourth-order valence-corrected chi connectivity index (χ4v) is 7.84. The summed E-state index contributed by atoms with van der Waals surface area (Å²) >= 11 is 12.3. The molecule has 2 bridgehead atoms. The van der Waals surface area contributed by atoms with Crippen molar-refractivity contribution in [2.75, 3.05) is 31.5 Å². The summed E-state index contributed by atoms with van der Waals surface area (Å²) in [6.07, 6.45) is 11.9. The van der Waals surface area contributed by atoms with Crippen molar-refractivity contribution in [1.29, 1.82) is 0 Å². The molecule has 8 nitrogen and oxygen atoms in total. The lowest BCUT2D eigenvalue weighted by Crippen LogP contribution is -2.57. The Morgan fingerprint density at radius 1 is 0.949 bits per heavy atom. The number of piperidine rings is 1. The molecular formula is C29H36Cl2N4O4. The molecule has 2 N–H and O–H groups in total. The monoisotopic (exact) mass is 574 g/mol. The van der Waals surface area contributed by atoms with Gasteiger partial charge in [0.05, 0.1) is 17.9 Å². The average molecular weight is 576 g/mol. The van der Waals surface area contributed by atoms with Crippen LogP contribution in [0, 0.1) is 11.8 Å². The summed E-state index contributed by atoms with van der Waals surface area (Å²) in [5.74, 6) is -2.24. The number of carbonyl (C=O) groups is 3. The van der Waals surface area contributed by atoms with Gasteiger partial charge in [0.15, 0.2) is 0 Å². The molecule has 4 heterocycles. The first-order valence-corrected chi connectivity index (χ1v) is 15.1. The van der Waals surface area contributed by atoms with Crippen LogP contribution in [0.1, 0.15) is 51.4 Å². The summed E-state index contributed by atoms with van der Waals surface area (Å²) < 4.78 is 6.46. The van der Waals surface area contributed by atoms with E-state index in [0.29, 0.717) is 28.8 Å². The van der Waals surface area contributed by atoms with Crippen molar-refractivity contribution in [1.82, 2.24) is 15.1 Å². The topological polar surface area (TPSA) is 91.0 Å². The van der Waals surface area contributed by atoms with Gasteiger partial charge in [-0.15, -0.1) is 0 Å². The highest BCUT2D eigenvalue weighted by Gasteiger charge is 2.72. The Balaban J connectivity index is 1.27. The van der Waals surface area contributed by atoms with Gasteiger partial charge in [0, 0.05) is 34.9 Å². The van der Waals surface area contributed by atoms with Crippen LogP contribution in [0.15, 0.2) is 30.4 Å². The first-order chi connectivity index (χ1) is 18.9. The van der Waals surface area contributed by atoms with E-state index in [9.17, 15) is 14.4 Å². The number of carbonyl (C=O) groups excluding carboxylic acids is 3. The van der Waals surface area contributed by atoms with Gasteiger partial charge in [0.1, 0.15) is 11.6 Å². The van der Waals surface area contributed by atoms with Gasteiger partial charge in [-0.3, -0.25) is 14.4 Å². The van der Waals surface area contributed by atoms with E-state index in [-0.39, 0.29) is 23.8 Å². The molecule has 1 aliphatic carbocycles. The molecule has 1 spiro atoms. The Morgan fingerprint density at radius 3 is 2.36 bits per heavy atom. The van der Waals surface area contributed by atoms with Crippen molar-refractivity contribution in [2.24, 2.45) is 11.8 Å². The van der Waals surface area contributed by atoms with Crippen LogP contribution in [-0.2, 0) is 19.1 Å². The van der Waals surface area contributed by atoms with Crippen molar-refractivity contribution in [3.63, 3.8) is 0 Å². The zero-order valence-electron chi connectivity index (χ0n) is 22.0. The van der Waals surface area contributed by atoms with E-state index in [2.05, 4.69) is 15.5 Å². The van der Waals surface area contributed by atoms with Gasteiger partial charge < -0.3 is 25.2 Å². The number of likely N-dealkylation sites (tertiary alicyclic amines) is 2. The molecule has 0 unspecified atom stereocenters. The molecule has 5 atom stereocenters. The van der Waals surface area contributed by atoms with Gasteiger partial charge >= 0.3 is 0 Å². The minimum Gasteiger partial charge on any atom is -0.359 e. The molecular weight excluding hydrogens is 539 g/mol. The number of benzene rings is 1. The van der Waals surface area contributed by atoms with Crippen LogP contribution in [0.5, 0.6) is 0 Å². The molecule has 4 fully saturated rings. The molecule has 5 aliphatic rings. The van der Waals surface area contributed by atoms with E-state index in [1.54, 1.807) is 23.1 Å². The molecule has 210 valence electrons. The van der Waals surface area contributed by atoms with Crippen LogP contribution in [0.25, 0.3) is 0 Å². The Labute approximate surface area is 239 Å². The molecule has 39 heavy (non-hydrogen) atoms. The largest absolute Gasteiger partial charge is 0.359 e. The number of amides is 3. The zero-order valence-corrected chi connectivity index (χ0v) is 23.6. The van der Waals surface area contributed by atoms with Crippen molar-refractivity contribution in [3.05, 3.63) is 40.4 Å². The summed E-state index contributed by atoms with van der Waals surface area (Å²) in [6, 6.07) is 4.13. The zero-order chi connectivity index (χ0) is 27.1. The standard InChI is InChI=1S/C29H36Cl2N4O4/c30-18-15-19(31)17-21(16-18)33-26(36)23-22-9-10-29(39-22)24(23)28(38)35(14-13-34-11-5-2-6-12-34)25(29)27(37)32-20-7-3-1-4-8-20/h9-10,15-17,20,22-25H,1-8,11-14H2,(H,32,37)(H,33,36)/t22-,23+,24-,25+,29-/m0/s1. The first-order valence-electron chi connectivity index (χ1n) is 14.3. The third-order valence-corrected chi connectivity index (χ3v) is 9.55. The van der Waals surface area contributed by atoms with E-state index in [4.69, 9.17) is 27.9 Å². The number of rotatable bonds is 7. The van der Waals surface area contributed by atoms with Crippen LogP contribution in [0.2, 0.25) is 10.0 Å². The second-order valence-corrected chi connectivity index (χ2v) is 12.5. The average Bonchev–Trinajstić information content (AvgIpc) is 3.55. The molecule has 1 aromatic rings. The third-order valence-electron chi connectivity index (χ3n) is 9.11. The number of nitrogens with one attached hydrogen (secondary N) is 2. The molecule has 1 saturated carbocycles. The van der Waals surface area contributed by atoms with Gasteiger partial charge in [-0.1, -0.05) is 61.0 Å². The molecule has 4 aliphatic heterocycles. The predicted octanol–water partition coefficient (Wildman–Crippen LogP) is 4.02. The van der Waals surface area contributed by atoms with Crippen LogP contribution < -0.4 is 10.6 Å². The van der Waals surface area contributed by atoms with Gasteiger partial charge in [0.2, 0.25) is 17.7 Å².